The summed E-state index contributed by atoms with van der Waals surface area (Å²) in [6.07, 6.45) is 4.17. The molecule has 3 rings (SSSR count). The van der Waals surface area contributed by atoms with Crippen molar-refractivity contribution in [1.29, 1.82) is 0 Å². The number of aryl methyl sites for hydroxylation is 2. The molecule has 3 aromatic rings. The van der Waals surface area contributed by atoms with Crippen LogP contribution in [0.1, 0.15) is 30.0 Å². The van der Waals surface area contributed by atoms with E-state index in [1.165, 1.54) is 11.1 Å². The fourth-order valence-electron chi connectivity index (χ4n) is 3.61. The van der Waals surface area contributed by atoms with Gasteiger partial charge in [0.2, 0.25) is 5.91 Å². The van der Waals surface area contributed by atoms with E-state index in [1.807, 2.05) is 19.1 Å². The van der Waals surface area contributed by atoms with Crippen molar-refractivity contribution in [2.75, 3.05) is 27.4 Å². The lowest BCUT2D eigenvalue weighted by Crippen LogP contribution is -2.23. The van der Waals surface area contributed by atoms with Gasteiger partial charge in [-0.25, -0.2) is 0 Å². The number of carbonyl (C=O) groups excluding carboxylic acids is 1. The van der Waals surface area contributed by atoms with E-state index in [1.54, 1.807) is 26.6 Å². The highest BCUT2D eigenvalue weighted by atomic mass is 16.5. The Balaban J connectivity index is 1.98. The molecule has 0 aliphatic rings. The smallest absolute Gasteiger partial charge is 0.244 e. The summed E-state index contributed by atoms with van der Waals surface area (Å²) in [5.41, 5.74) is 7.02. The SMILES string of the molecule is COCCCNC(=O)/C=C(\C)c1cc2c(-c3ccc(C)cc3C)coc2cc1OC. The number of ether oxygens (including phenoxy) is 2. The highest BCUT2D eigenvalue weighted by Gasteiger charge is 2.16. The van der Waals surface area contributed by atoms with E-state index in [9.17, 15) is 4.79 Å². The van der Waals surface area contributed by atoms with Gasteiger partial charge >= 0.3 is 0 Å². The largest absolute Gasteiger partial charge is 0.496 e. The van der Waals surface area contributed by atoms with Crippen LogP contribution in [0.4, 0.5) is 0 Å². The maximum absolute atomic E-state index is 12.3. The van der Waals surface area contributed by atoms with Crippen LogP contribution in [0.25, 0.3) is 27.7 Å². The Morgan fingerprint density at radius 3 is 2.63 bits per heavy atom. The lowest BCUT2D eigenvalue weighted by molar-refractivity contribution is -0.116. The van der Waals surface area contributed by atoms with Crippen molar-refractivity contribution >= 4 is 22.4 Å². The number of methoxy groups -OCH3 is 2. The molecule has 0 bridgehead atoms. The summed E-state index contributed by atoms with van der Waals surface area (Å²) in [6, 6.07) is 10.3. The maximum Gasteiger partial charge on any atom is 0.244 e. The summed E-state index contributed by atoms with van der Waals surface area (Å²) in [7, 11) is 3.27. The normalized spacial score (nSPS) is 11.7. The first-order valence-corrected chi connectivity index (χ1v) is 10.1. The Kier molecular flexibility index (Phi) is 6.95. The molecule has 0 radical (unpaired) electrons. The summed E-state index contributed by atoms with van der Waals surface area (Å²) in [5, 5.41) is 3.87. The molecule has 30 heavy (non-hydrogen) atoms. The molecular formula is C25H29NO4. The number of benzene rings is 2. The fraction of sp³-hybridized carbons (Fsp3) is 0.320. The van der Waals surface area contributed by atoms with Crippen molar-refractivity contribution in [1.82, 2.24) is 5.32 Å². The van der Waals surface area contributed by atoms with Gasteiger partial charge in [-0.3, -0.25) is 4.79 Å². The third-order valence-corrected chi connectivity index (χ3v) is 5.16. The van der Waals surface area contributed by atoms with E-state index < -0.39 is 0 Å². The van der Waals surface area contributed by atoms with Crippen LogP contribution in [0, 0.1) is 13.8 Å². The molecule has 0 spiro atoms. The Morgan fingerprint density at radius 1 is 1.13 bits per heavy atom. The summed E-state index contributed by atoms with van der Waals surface area (Å²) < 4.78 is 16.4. The second-order valence-electron chi connectivity index (χ2n) is 7.48. The molecule has 1 aromatic heterocycles. The first-order valence-electron chi connectivity index (χ1n) is 10.1. The topological polar surface area (TPSA) is 60.7 Å². The van der Waals surface area contributed by atoms with Gasteiger partial charge in [0.1, 0.15) is 11.3 Å². The summed E-state index contributed by atoms with van der Waals surface area (Å²) in [5.74, 6) is 0.539. The van der Waals surface area contributed by atoms with Gasteiger partial charge in [0, 0.05) is 48.9 Å². The number of hydrogen-bond acceptors (Lipinski definition) is 4. The lowest BCUT2D eigenvalue weighted by Gasteiger charge is -2.11. The molecule has 1 amide bonds. The monoisotopic (exact) mass is 407 g/mol. The molecule has 158 valence electrons. The van der Waals surface area contributed by atoms with Gasteiger partial charge in [0.05, 0.1) is 13.4 Å². The van der Waals surface area contributed by atoms with Crippen LogP contribution >= 0.6 is 0 Å². The van der Waals surface area contributed by atoms with E-state index in [4.69, 9.17) is 13.9 Å². The van der Waals surface area contributed by atoms with Gasteiger partial charge in [-0.15, -0.1) is 0 Å². The van der Waals surface area contributed by atoms with Gasteiger partial charge in [-0.1, -0.05) is 23.8 Å². The lowest BCUT2D eigenvalue weighted by atomic mass is 9.96. The van der Waals surface area contributed by atoms with Crippen LogP contribution in [-0.4, -0.2) is 33.3 Å². The Hall–Kier alpha value is -3.05. The average Bonchev–Trinajstić information content (AvgIpc) is 3.13. The minimum Gasteiger partial charge on any atom is -0.496 e. The van der Waals surface area contributed by atoms with Gasteiger partial charge in [-0.2, -0.15) is 0 Å². The predicted octanol–water partition coefficient (Wildman–Crippen LogP) is 5.28. The number of fused-ring (bicyclic) bond motifs is 1. The quantitative estimate of drug-likeness (QED) is 0.408. The zero-order chi connectivity index (χ0) is 21.7. The van der Waals surface area contributed by atoms with Gasteiger partial charge in [0.15, 0.2) is 0 Å². The number of amides is 1. The Bertz CT molecular complexity index is 1080. The molecule has 0 fully saturated rings. The molecule has 5 nitrogen and oxygen atoms in total. The molecule has 2 aromatic carbocycles. The van der Waals surface area contributed by atoms with Crippen LogP contribution in [0.5, 0.6) is 5.75 Å². The number of furan rings is 1. The van der Waals surface area contributed by atoms with Crippen LogP contribution in [0.2, 0.25) is 0 Å². The highest BCUT2D eigenvalue weighted by Crippen LogP contribution is 2.38. The fourth-order valence-corrected chi connectivity index (χ4v) is 3.61. The van der Waals surface area contributed by atoms with E-state index in [0.29, 0.717) is 18.9 Å². The third kappa shape index (κ3) is 4.74. The van der Waals surface area contributed by atoms with Crippen LogP contribution in [0.15, 0.2) is 47.1 Å². The van der Waals surface area contributed by atoms with Crippen LogP contribution < -0.4 is 10.1 Å². The minimum absolute atomic E-state index is 0.132. The highest BCUT2D eigenvalue weighted by molar-refractivity contribution is 6.00. The zero-order valence-corrected chi connectivity index (χ0v) is 18.3. The molecule has 0 saturated heterocycles. The van der Waals surface area contributed by atoms with E-state index in [-0.39, 0.29) is 5.91 Å². The molecule has 0 unspecified atom stereocenters. The molecule has 0 atom stereocenters. The second-order valence-corrected chi connectivity index (χ2v) is 7.48. The first kappa shape index (κ1) is 21.7. The molecule has 5 heteroatoms. The van der Waals surface area contributed by atoms with Crippen molar-refractivity contribution in [3.8, 4) is 16.9 Å². The number of hydrogen-bond donors (Lipinski definition) is 1. The number of carbonyl (C=O) groups is 1. The molecule has 1 N–H and O–H groups in total. The minimum atomic E-state index is -0.132. The third-order valence-electron chi connectivity index (χ3n) is 5.16. The maximum atomic E-state index is 12.3. The van der Waals surface area contributed by atoms with E-state index in [2.05, 4.69) is 37.4 Å². The van der Waals surface area contributed by atoms with Crippen LogP contribution in [-0.2, 0) is 9.53 Å². The number of rotatable bonds is 8. The zero-order valence-electron chi connectivity index (χ0n) is 18.3. The first-order chi connectivity index (χ1) is 14.4. The summed E-state index contributed by atoms with van der Waals surface area (Å²) in [6.45, 7) is 7.29. The van der Waals surface area contributed by atoms with Crippen molar-refractivity contribution in [2.45, 2.75) is 27.2 Å². The Labute approximate surface area is 177 Å². The number of nitrogens with one attached hydrogen (secondary N) is 1. The van der Waals surface area contributed by atoms with Gasteiger partial charge in [-0.05, 0) is 50.0 Å². The summed E-state index contributed by atoms with van der Waals surface area (Å²) in [4.78, 5) is 12.3. The predicted molar refractivity (Wildman–Crippen MR) is 121 cm³/mol. The van der Waals surface area contributed by atoms with Crippen molar-refractivity contribution in [3.05, 3.63) is 59.4 Å². The van der Waals surface area contributed by atoms with Crippen LogP contribution in [0.3, 0.4) is 0 Å². The molecule has 1 heterocycles. The van der Waals surface area contributed by atoms with E-state index >= 15 is 0 Å². The second kappa shape index (κ2) is 9.63. The molecule has 0 aliphatic carbocycles. The van der Waals surface area contributed by atoms with Crippen molar-refractivity contribution in [2.24, 2.45) is 0 Å². The molecular weight excluding hydrogens is 378 g/mol. The number of allylic oxidation sites excluding steroid dienone is 1. The Morgan fingerprint density at radius 2 is 1.93 bits per heavy atom. The standard InChI is InChI=1S/C25H29NO4/c1-16-7-8-19(17(2)11-16)22-15-30-24-14-23(29-5)20(13-21(22)24)18(3)12-25(27)26-9-6-10-28-4/h7-8,11-15H,6,9-10H2,1-5H3,(H,26,27)/b18-12+. The van der Waals surface area contributed by atoms with E-state index in [0.717, 1.165) is 39.7 Å². The van der Waals surface area contributed by atoms with Crippen molar-refractivity contribution in [3.63, 3.8) is 0 Å². The van der Waals surface area contributed by atoms with Gasteiger partial charge < -0.3 is 19.2 Å². The molecule has 0 aliphatic heterocycles. The van der Waals surface area contributed by atoms with Gasteiger partial charge in [0.25, 0.3) is 0 Å². The van der Waals surface area contributed by atoms with Crippen molar-refractivity contribution < 1.29 is 18.7 Å². The summed E-state index contributed by atoms with van der Waals surface area (Å²) >= 11 is 0. The average molecular weight is 408 g/mol. The molecule has 0 saturated carbocycles.